The quantitative estimate of drug-likeness (QED) is 0.493. The summed E-state index contributed by atoms with van der Waals surface area (Å²) in [6.45, 7) is 0.0967. The molecule has 1 amide bonds. The second-order valence-electron chi connectivity index (χ2n) is 4.42. The number of aromatic hydroxyl groups is 2. The Labute approximate surface area is 119 Å². The van der Waals surface area contributed by atoms with E-state index >= 15 is 0 Å². The highest BCUT2D eigenvalue weighted by Crippen LogP contribution is 2.38. The summed E-state index contributed by atoms with van der Waals surface area (Å²) in [5.41, 5.74) is 6.39. The van der Waals surface area contributed by atoms with Gasteiger partial charge in [-0.3, -0.25) is 4.79 Å². The Kier molecular flexibility index (Phi) is 2.94. The van der Waals surface area contributed by atoms with Crippen LogP contribution in [0.3, 0.4) is 0 Å². The zero-order valence-corrected chi connectivity index (χ0v) is 10.8. The average Bonchev–Trinajstić information content (AvgIpc) is 2.89. The minimum absolute atomic E-state index is 0.0629. The number of anilines is 2. The Morgan fingerprint density at radius 2 is 1.90 bits per heavy atom. The Morgan fingerprint density at radius 3 is 2.67 bits per heavy atom. The summed E-state index contributed by atoms with van der Waals surface area (Å²) >= 11 is 0. The van der Waals surface area contributed by atoms with Gasteiger partial charge in [0.05, 0.1) is 16.9 Å². The number of phenolic OH excluding ortho intramolecular Hbond substituents is 2. The van der Waals surface area contributed by atoms with E-state index in [1.54, 1.807) is 6.07 Å². The van der Waals surface area contributed by atoms with Crippen LogP contribution < -0.4 is 20.5 Å². The highest BCUT2D eigenvalue weighted by atomic mass is 16.7. The van der Waals surface area contributed by atoms with Crippen molar-refractivity contribution in [2.24, 2.45) is 0 Å². The fourth-order valence-corrected chi connectivity index (χ4v) is 1.97. The molecule has 1 heterocycles. The van der Waals surface area contributed by atoms with E-state index in [1.165, 1.54) is 24.3 Å². The summed E-state index contributed by atoms with van der Waals surface area (Å²) < 4.78 is 10.4. The number of rotatable bonds is 2. The van der Waals surface area contributed by atoms with Crippen LogP contribution in [0.5, 0.6) is 23.0 Å². The third-order valence-electron chi connectivity index (χ3n) is 3.05. The number of para-hydroxylation sites is 1. The zero-order valence-electron chi connectivity index (χ0n) is 10.8. The fourth-order valence-electron chi connectivity index (χ4n) is 1.97. The van der Waals surface area contributed by atoms with Gasteiger partial charge in [0.1, 0.15) is 0 Å². The Bertz CT molecular complexity index is 730. The number of carbonyl (C=O) groups excluding carboxylic acids is 1. The Balaban J connectivity index is 1.90. The van der Waals surface area contributed by atoms with Gasteiger partial charge in [-0.15, -0.1) is 0 Å². The smallest absolute Gasteiger partial charge is 0.259 e. The molecule has 0 bridgehead atoms. The predicted molar refractivity (Wildman–Crippen MR) is 74.7 cm³/mol. The van der Waals surface area contributed by atoms with Gasteiger partial charge >= 0.3 is 0 Å². The number of carbonyl (C=O) groups is 1. The summed E-state index contributed by atoms with van der Waals surface area (Å²) in [4.78, 5) is 12.1. The van der Waals surface area contributed by atoms with Crippen LogP contribution in [0.25, 0.3) is 0 Å². The highest BCUT2D eigenvalue weighted by Gasteiger charge is 2.19. The van der Waals surface area contributed by atoms with Crippen LogP contribution in [-0.4, -0.2) is 22.9 Å². The van der Waals surface area contributed by atoms with Gasteiger partial charge < -0.3 is 30.7 Å². The summed E-state index contributed by atoms with van der Waals surface area (Å²) in [7, 11) is 0. The number of hydrogen-bond acceptors (Lipinski definition) is 6. The lowest BCUT2D eigenvalue weighted by Gasteiger charge is -2.10. The molecule has 2 aromatic carbocycles. The lowest BCUT2D eigenvalue weighted by Crippen LogP contribution is -2.13. The molecular formula is C14H12N2O5. The molecule has 108 valence electrons. The van der Waals surface area contributed by atoms with Crippen LogP contribution in [0, 0.1) is 0 Å². The van der Waals surface area contributed by atoms with E-state index in [9.17, 15) is 15.0 Å². The number of nitrogen functional groups attached to an aromatic ring is 1. The highest BCUT2D eigenvalue weighted by molar-refractivity contribution is 6.08. The Morgan fingerprint density at radius 1 is 1.19 bits per heavy atom. The molecule has 5 N–H and O–H groups in total. The van der Waals surface area contributed by atoms with Crippen molar-refractivity contribution < 1.29 is 24.5 Å². The SMILES string of the molecule is Nc1cc2c(cc1NC(=O)c1cccc(O)c1O)OCO2. The molecule has 21 heavy (non-hydrogen) atoms. The van der Waals surface area contributed by atoms with Crippen LogP contribution in [0.2, 0.25) is 0 Å². The molecule has 0 unspecified atom stereocenters. The maximum atomic E-state index is 12.1. The van der Waals surface area contributed by atoms with Crippen LogP contribution in [0.4, 0.5) is 11.4 Å². The summed E-state index contributed by atoms with van der Waals surface area (Å²) in [6, 6.07) is 7.19. The molecule has 0 aliphatic carbocycles. The summed E-state index contributed by atoms with van der Waals surface area (Å²) in [6.07, 6.45) is 0. The number of benzene rings is 2. The number of nitrogens with one attached hydrogen (secondary N) is 1. The average molecular weight is 288 g/mol. The molecule has 0 spiro atoms. The molecule has 1 aliphatic heterocycles. The molecular weight excluding hydrogens is 276 g/mol. The first-order chi connectivity index (χ1) is 10.1. The molecule has 0 saturated carbocycles. The van der Waals surface area contributed by atoms with E-state index in [1.807, 2.05) is 0 Å². The van der Waals surface area contributed by atoms with E-state index in [0.717, 1.165) is 0 Å². The molecule has 2 aromatic rings. The maximum absolute atomic E-state index is 12.1. The van der Waals surface area contributed by atoms with Gasteiger partial charge in [-0.1, -0.05) is 6.07 Å². The predicted octanol–water partition coefficient (Wildman–Crippen LogP) is 1.66. The second kappa shape index (κ2) is 4.78. The molecule has 0 radical (unpaired) electrons. The maximum Gasteiger partial charge on any atom is 0.259 e. The largest absolute Gasteiger partial charge is 0.504 e. The van der Waals surface area contributed by atoms with E-state index < -0.39 is 11.7 Å². The zero-order chi connectivity index (χ0) is 15.0. The normalized spacial score (nSPS) is 12.2. The van der Waals surface area contributed by atoms with Crippen molar-refractivity contribution in [3.8, 4) is 23.0 Å². The van der Waals surface area contributed by atoms with Crippen molar-refractivity contribution in [1.29, 1.82) is 0 Å². The van der Waals surface area contributed by atoms with E-state index in [-0.39, 0.29) is 18.1 Å². The first-order valence-electron chi connectivity index (χ1n) is 6.07. The van der Waals surface area contributed by atoms with Crippen molar-refractivity contribution in [2.45, 2.75) is 0 Å². The first kappa shape index (κ1) is 12.9. The molecule has 3 rings (SSSR count). The second-order valence-corrected chi connectivity index (χ2v) is 4.42. The van der Waals surface area contributed by atoms with Crippen molar-refractivity contribution in [1.82, 2.24) is 0 Å². The number of amides is 1. The molecule has 0 saturated heterocycles. The van der Waals surface area contributed by atoms with Gasteiger partial charge in [0.15, 0.2) is 23.0 Å². The number of phenols is 2. The van der Waals surface area contributed by atoms with E-state index in [2.05, 4.69) is 5.32 Å². The van der Waals surface area contributed by atoms with Crippen LogP contribution in [0.1, 0.15) is 10.4 Å². The van der Waals surface area contributed by atoms with Crippen molar-refractivity contribution in [3.05, 3.63) is 35.9 Å². The van der Waals surface area contributed by atoms with Gasteiger partial charge in [0.25, 0.3) is 5.91 Å². The standard InChI is InChI=1S/C14H12N2O5/c15-8-4-11-12(21-6-20-11)5-9(8)16-14(19)7-2-1-3-10(17)13(7)18/h1-5,17-18H,6,15H2,(H,16,19). The summed E-state index contributed by atoms with van der Waals surface area (Å²) in [5, 5.41) is 21.6. The van der Waals surface area contributed by atoms with Crippen molar-refractivity contribution in [2.75, 3.05) is 17.8 Å². The minimum Gasteiger partial charge on any atom is -0.504 e. The monoisotopic (exact) mass is 288 g/mol. The van der Waals surface area contributed by atoms with Crippen LogP contribution in [-0.2, 0) is 0 Å². The van der Waals surface area contributed by atoms with Gasteiger partial charge in [-0.2, -0.15) is 0 Å². The third-order valence-corrected chi connectivity index (χ3v) is 3.05. The van der Waals surface area contributed by atoms with Crippen molar-refractivity contribution in [3.63, 3.8) is 0 Å². The van der Waals surface area contributed by atoms with Crippen molar-refractivity contribution >= 4 is 17.3 Å². The van der Waals surface area contributed by atoms with Gasteiger partial charge in [0, 0.05) is 12.1 Å². The van der Waals surface area contributed by atoms with Gasteiger partial charge in [0.2, 0.25) is 6.79 Å². The number of hydrogen-bond donors (Lipinski definition) is 4. The molecule has 7 heteroatoms. The van der Waals surface area contributed by atoms with Crippen LogP contribution >= 0.6 is 0 Å². The fraction of sp³-hybridized carbons (Fsp3) is 0.0714. The number of fused-ring (bicyclic) bond motifs is 1. The third kappa shape index (κ3) is 2.25. The number of ether oxygens (including phenoxy) is 2. The molecule has 1 aliphatic rings. The van der Waals surface area contributed by atoms with Crippen LogP contribution in [0.15, 0.2) is 30.3 Å². The lowest BCUT2D eigenvalue weighted by molar-refractivity contribution is 0.102. The molecule has 7 nitrogen and oxygen atoms in total. The molecule has 0 fully saturated rings. The molecule has 0 aromatic heterocycles. The topological polar surface area (TPSA) is 114 Å². The lowest BCUT2D eigenvalue weighted by atomic mass is 10.1. The van der Waals surface area contributed by atoms with E-state index in [4.69, 9.17) is 15.2 Å². The Hall–Kier alpha value is -3.09. The summed E-state index contributed by atoms with van der Waals surface area (Å²) in [5.74, 6) is -0.491. The van der Waals surface area contributed by atoms with Gasteiger partial charge in [-0.25, -0.2) is 0 Å². The first-order valence-corrected chi connectivity index (χ1v) is 6.07. The number of nitrogens with two attached hydrogens (primary N) is 1. The minimum atomic E-state index is -0.603. The molecule has 0 atom stereocenters. The van der Waals surface area contributed by atoms with Gasteiger partial charge in [-0.05, 0) is 12.1 Å². The van der Waals surface area contributed by atoms with E-state index in [0.29, 0.717) is 22.9 Å².